The molecule has 0 radical (unpaired) electrons. The van der Waals surface area contributed by atoms with Crippen molar-refractivity contribution in [2.45, 2.75) is 12.3 Å². The second-order valence-electron chi connectivity index (χ2n) is 4.94. The molecule has 7 heteroatoms. The first-order chi connectivity index (χ1) is 10.6. The van der Waals surface area contributed by atoms with Crippen LogP contribution in [0.25, 0.3) is 10.9 Å². The summed E-state index contributed by atoms with van der Waals surface area (Å²) >= 11 is 0. The molecule has 0 spiro atoms. The summed E-state index contributed by atoms with van der Waals surface area (Å²) in [6.07, 6.45) is 2.42. The second kappa shape index (κ2) is 4.90. The first-order valence-corrected chi connectivity index (χ1v) is 7.78. The molecular formula is C13H17N2O4P. The predicted octanol–water partition coefficient (Wildman–Crippen LogP) is 2.06. The van der Waals surface area contributed by atoms with Crippen LogP contribution in [0.2, 0.25) is 0 Å². The van der Waals surface area contributed by atoms with Crippen molar-refractivity contribution in [1.29, 1.82) is 0 Å². The molecule has 1 saturated heterocycles. The fraction of sp³-hybridized carbons (Fsp3) is 0.385. The summed E-state index contributed by atoms with van der Waals surface area (Å²) in [7, 11) is -4.67. The Morgan fingerprint density at radius 1 is 1.55 bits per heavy atom. The number of nitrogens with one attached hydrogen (secondary N) is 1. The van der Waals surface area contributed by atoms with Crippen LogP contribution in [0.1, 0.15) is 22.0 Å². The van der Waals surface area contributed by atoms with E-state index in [0.717, 1.165) is 5.56 Å². The van der Waals surface area contributed by atoms with Gasteiger partial charge in [0.05, 0.1) is 0 Å². The molecule has 0 saturated carbocycles. The molecule has 0 bridgehead atoms. The second-order valence-corrected chi connectivity index (χ2v) is 6.10. The number of phosphoric ester groups is 1. The van der Waals surface area contributed by atoms with Crippen molar-refractivity contribution >= 4 is 18.7 Å². The molecule has 1 aromatic heterocycles. The molecule has 0 amide bonds. The van der Waals surface area contributed by atoms with Crippen molar-refractivity contribution in [2.75, 3.05) is 20.1 Å². The van der Waals surface area contributed by atoms with Crippen molar-refractivity contribution in [3.63, 3.8) is 0 Å². The zero-order valence-electron chi connectivity index (χ0n) is 13.6. The van der Waals surface area contributed by atoms with Gasteiger partial charge < -0.3 is 14.4 Å². The number of hydrogen-bond donors (Lipinski definition) is 3. The van der Waals surface area contributed by atoms with Gasteiger partial charge in [-0.25, -0.2) is 4.57 Å². The zero-order chi connectivity index (χ0) is 16.8. The monoisotopic (exact) mass is 299 g/mol. The van der Waals surface area contributed by atoms with E-state index >= 15 is 0 Å². The molecule has 1 aliphatic rings. The Morgan fingerprint density at radius 2 is 2.40 bits per heavy atom. The molecule has 2 heterocycles. The van der Waals surface area contributed by atoms with Crippen LogP contribution in [-0.4, -0.2) is 39.7 Å². The van der Waals surface area contributed by atoms with Crippen LogP contribution in [0.5, 0.6) is 5.75 Å². The lowest BCUT2D eigenvalue weighted by atomic mass is 9.97. The molecule has 3 N–H and O–H groups in total. The van der Waals surface area contributed by atoms with E-state index in [1.807, 2.05) is 0 Å². The van der Waals surface area contributed by atoms with Crippen molar-refractivity contribution in [2.24, 2.45) is 0 Å². The van der Waals surface area contributed by atoms with Crippen LogP contribution in [0.4, 0.5) is 0 Å². The lowest BCUT2D eigenvalue weighted by Gasteiger charge is -2.13. The van der Waals surface area contributed by atoms with E-state index in [-0.39, 0.29) is 11.7 Å². The summed E-state index contributed by atoms with van der Waals surface area (Å²) in [5.41, 5.74) is 1.51. The molecule has 2 aromatic rings. The number of hydrogen-bond acceptors (Lipinski definition) is 3. The van der Waals surface area contributed by atoms with Crippen molar-refractivity contribution < 1.29 is 23.0 Å². The van der Waals surface area contributed by atoms with Gasteiger partial charge in [0.2, 0.25) is 0 Å². The molecule has 20 heavy (non-hydrogen) atoms. The summed E-state index contributed by atoms with van der Waals surface area (Å²) < 4.78 is 38.4. The van der Waals surface area contributed by atoms with Crippen LogP contribution >= 0.6 is 7.82 Å². The highest BCUT2D eigenvalue weighted by Gasteiger charge is 2.26. The average Bonchev–Trinajstić information content (AvgIpc) is 3.02. The van der Waals surface area contributed by atoms with E-state index in [1.165, 1.54) is 11.0 Å². The van der Waals surface area contributed by atoms with Gasteiger partial charge in [-0.1, -0.05) is 6.07 Å². The number of phosphoric acid groups is 1. The number of aromatic amines is 1. The maximum absolute atomic E-state index is 11.2. The maximum atomic E-state index is 11.2. The number of fused-ring (bicyclic) bond motifs is 1. The van der Waals surface area contributed by atoms with Gasteiger partial charge in [0.15, 0.2) is 0 Å². The molecule has 108 valence electrons. The van der Waals surface area contributed by atoms with Crippen LogP contribution < -0.4 is 4.52 Å². The molecular weight excluding hydrogens is 279 g/mol. The van der Waals surface area contributed by atoms with Crippen LogP contribution in [0.15, 0.2) is 24.4 Å². The number of likely N-dealkylation sites (tertiary alicyclic amines) is 1. The highest BCUT2D eigenvalue weighted by molar-refractivity contribution is 7.46. The topological polar surface area (TPSA) is 85.8 Å². The van der Waals surface area contributed by atoms with E-state index < -0.39 is 14.8 Å². The maximum Gasteiger partial charge on any atom is 0.524 e. The first kappa shape index (κ1) is 10.4. The van der Waals surface area contributed by atoms with Gasteiger partial charge >= 0.3 is 7.82 Å². The molecule has 0 aliphatic carbocycles. The van der Waals surface area contributed by atoms with Gasteiger partial charge in [-0.2, -0.15) is 0 Å². The van der Waals surface area contributed by atoms with E-state index in [0.29, 0.717) is 30.4 Å². The summed E-state index contributed by atoms with van der Waals surface area (Å²) in [5.74, 6) is 0.0603. The first-order valence-electron chi connectivity index (χ1n) is 7.75. The van der Waals surface area contributed by atoms with E-state index in [2.05, 4.69) is 4.98 Å². The number of benzene rings is 1. The SMILES string of the molecule is [2H]C([2H])([2H])N1CCC(c2c[nH]c3cccc(OP(=O)(O)O)c23)C1. The number of likely N-dealkylation sites (N-methyl/N-ethyl adjacent to an activating group) is 1. The Labute approximate surface area is 120 Å². The van der Waals surface area contributed by atoms with Crippen molar-refractivity contribution in [3.05, 3.63) is 30.0 Å². The lowest BCUT2D eigenvalue weighted by molar-refractivity contribution is 0.284. The van der Waals surface area contributed by atoms with Crippen molar-refractivity contribution in [1.82, 2.24) is 9.88 Å². The molecule has 6 nitrogen and oxygen atoms in total. The average molecular weight is 299 g/mol. The summed E-state index contributed by atoms with van der Waals surface area (Å²) in [4.78, 5) is 22.6. The van der Waals surface area contributed by atoms with Gasteiger partial charge in [0.25, 0.3) is 0 Å². The molecule has 3 rings (SSSR count). The number of H-pyrrole nitrogens is 1. The zero-order valence-corrected chi connectivity index (χ0v) is 11.5. The number of aromatic nitrogens is 1. The quantitative estimate of drug-likeness (QED) is 0.755. The smallest absolute Gasteiger partial charge is 0.404 e. The van der Waals surface area contributed by atoms with Gasteiger partial charge in [0.1, 0.15) is 5.75 Å². The van der Waals surface area contributed by atoms with Crippen LogP contribution in [-0.2, 0) is 4.57 Å². The third kappa shape index (κ3) is 2.60. The minimum atomic E-state index is -4.67. The Balaban J connectivity index is 1.98. The third-order valence-electron chi connectivity index (χ3n) is 3.54. The summed E-state index contributed by atoms with van der Waals surface area (Å²) in [6.45, 7) is -1.31. The molecule has 1 aromatic carbocycles. The van der Waals surface area contributed by atoms with Crippen LogP contribution in [0.3, 0.4) is 0 Å². The Kier molecular flexibility index (Phi) is 2.55. The largest absolute Gasteiger partial charge is 0.524 e. The fourth-order valence-electron chi connectivity index (χ4n) is 2.72. The standard InChI is InChI=1S/C13H17N2O4P/c1-15-6-5-9(8-15)10-7-14-11-3-2-4-12(13(10)11)19-20(16,17)18/h2-4,7,9,14H,5-6,8H2,1H3,(H2,16,17,18)/i1D3. The highest BCUT2D eigenvalue weighted by atomic mass is 31.2. The van der Waals surface area contributed by atoms with E-state index in [9.17, 15) is 4.57 Å². The molecule has 1 aliphatic heterocycles. The van der Waals surface area contributed by atoms with Gasteiger partial charge in [-0.05, 0) is 37.6 Å². The lowest BCUT2D eigenvalue weighted by Crippen LogP contribution is -2.13. The number of rotatable bonds is 3. The van der Waals surface area contributed by atoms with Crippen LogP contribution in [0, 0.1) is 0 Å². The Hall–Kier alpha value is -1.33. The molecule has 1 unspecified atom stereocenters. The predicted molar refractivity (Wildman–Crippen MR) is 75.8 cm³/mol. The fourth-order valence-corrected chi connectivity index (χ4v) is 3.13. The minimum Gasteiger partial charge on any atom is -0.404 e. The normalized spacial score (nSPS) is 23.5. The Morgan fingerprint density at radius 3 is 3.10 bits per heavy atom. The van der Waals surface area contributed by atoms with E-state index in [1.54, 1.807) is 18.3 Å². The summed E-state index contributed by atoms with van der Waals surface area (Å²) in [5, 5.41) is 0.591. The highest BCUT2D eigenvalue weighted by Crippen LogP contribution is 2.43. The van der Waals surface area contributed by atoms with Gasteiger partial charge in [-0.3, -0.25) is 9.79 Å². The van der Waals surface area contributed by atoms with Gasteiger partial charge in [-0.15, -0.1) is 0 Å². The third-order valence-corrected chi connectivity index (χ3v) is 3.98. The minimum absolute atomic E-state index is 0.0364. The van der Waals surface area contributed by atoms with Crippen molar-refractivity contribution in [3.8, 4) is 5.75 Å². The Bertz CT molecular complexity index is 770. The van der Waals surface area contributed by atoms with E-state index in [4.69, 9.17) is 18.4 Å². The molecule has 1 atom stereocenters. The molecule has 1 fully saturated rings. The summed E-state index contributed by atoms with van der Waals surface area (Å²) in [6, 6.07) is 4.91. The van der Waals surface area contributed by atoms with Gasteiger partial charge in [0, 0.05) is 33.7 Å². The number of nitrogens with zero attached hydrogens (tertiary/aromatic N) is 1.